The molecule has 6 heteroatoms. The Bertz CT molecular complexity index is 662. The quantitative estimate of drug-likeness (QED) is 0.880. The number of ether oxygens (including phenoxy) is 2. The van der Waals surface area contributed by atoms with E-state index in [1.165, 1.54) is 0 Å². The second-order valence-electron chi connectivity index (χ2n) is 4.01. The molecule has 2 aromatic rings. The highest BCUT2D eigenvalue weighted by atomic mass is 35.5. The third-order valence-corrected chi connectivity index (χ3v) is 2.95. The summed E-state index contributed by atoms with van der Waals surface area (Å²) in [5.74, 6) is -1.16. The smallest absolute Gasteiger partial charge is 0.355 e. The predicted octanol–water partition coefficient (Wildman–Crippen LogP) is 3.17. The van der Waals surface area contributed by atoms with Crippen LogP contribution in [0, 0.1) is 0 Å². The Morgan fingerprint density at radius 2 is 1.80 bits per heavy atom. The second-order valence-corrected chi connectivity index (χ2v) is 4.44. The highest BCUT2D eigenvalue weighted by molar-refractivity contribution is 6.31. The van der Waals surface area contributed by atoms with Gasteiger partial charge in [0.1, 0.15) is 5.69 Å². The van der Waals surface area contributed by atoms with Crippen LogP contribution in [0.1, 0.15) is 34.7 Å². The van der Waals surface area contributed by atoms with E-state index in [2.05, 4.69) is 4.98 Å². The van der Waals surface area contributed by atoms with E-state index in [-0.39, 0.29) is 24.5 Å². The fourth-order valence-corrected chi connectivity index (χ4v) is 2.11. The zero-order valence-corrected chi connectivity index (χ0v) is 11.9. The van der Waals surface area contributed by atoms with Gasteiger partial charge in [-0.1, -0.05) is 17.7 Å². The molecule has 0 aliphatic rings. The molecule has 1 N–H and O–H groups in total. The molecule has 0 bridgehead atoms. The number of rotatable bonds is 4. The first-order chi connectivity index (χ1) is 9.58. The van der Waals surface area contributed by atoms with E-state index in [9.17, 15) is 9.59 Å². The Kier molecular flexibility index (Phi) is 4.29. The minimum atomic E-state index is -0.595. The maximum Gasteiger partial charge on any atom is 0.355 e. The highest BCUT2D eigenvalue weighted by Gasteiger charge is 2.25. The Morgan fingerprint density at radius 1 is 1.15 bits per heavy atom. The van der Waals surface area contributed by atoms with Gasteiger partial charge in [0, 0.05) is 15.9 Å². The molecule has 1 heterocycles. The van der Waals surface area contributed by atoms with Crippen molar-refractivity contribution in [3.8, 4) is 0 Å². The number of benzene rings is 1. The summed E-state index contributed by atoms with van der Waals surface area (Å²) in [6, 6.07) is 4.96. The molecule has 106 valence electrons. The van der Waals surface area contributed by atoms with Gasteiger partial charge in [-0.25, -0.2) is 9.59 Å². The van der Waals surface area contributed by atoms with Crippen LogP contribution in [0.15, 0.2) is 18.2 Å². The lowest BCUT2D eigenvalue weighted by Gasteiger charge is -2.04. The summed E-state index contributed by atoms with van der Waals surface area (Å²) in [4.78, 5) is 26.9. The third-order valence-electron chi connectivity index (χ3n) is 2.72. The molecule has 0 spiro atoms. The van der Waals surface area contributed by atoms with Crippen LogP contribution in [0.4, 0.5) is 0 Å². The maximum atomic E-state index is 12.1. The maximum absolute atomic E-state index is 12.1. The first-order valence-electron chi connectivity index (χ1n) is 6.24. The molecule has 0 fully saturated rings. The molecule has 0 atom stereocenters. The average Bonchev–Trinajstić information content (AvgIpc) is 2.77. The van der Waals surface area contributed by atoms with Crippen LogP contribution in [0.5, 0.6) is 0 Å². The highest BCUT2D eigenvalue weighted by Crippen LogP contribution is 2.26. The van der Waals surface area contributed by atoms with Crippen molar-refractivity contribution in [2.24, 2.45) is 0 Å². The van der Waals surface area contributed by atoms with Crippen LogP contribution < -0.4 is 0 Å². The van der Waals surface area contributed by atoms with Gasteiger partial charge < -0.3 is 14.5 Å². The molecule has 0 saturated carbocycles. The number of halogens is 1. The Hall–Kier alpha value is -2.01. The van der Waals surface area contributed by atoms with Crippen molar-refractivity contribution in [3.63, 3.8) is 0 Å². The molecule has 20 heavy (non-hydrogen) atoms. The topological polar surface area (TPSA) is 68.4 Å². The summed E-state index contributed by atoms with van der Waals surface area (Å²) in [7, 11) is 0. The van der Waals surface area contributed by atoms with Gasteiger partial charge in [-0.3, -0.25) is 0 Å². The molecule has 1 aromatic heterocycles. The molecule has 0 radical (unpaired) electrons. The van der Waals surface area contributed by atoms with E-state index >= 15 is 0 Å². The number of fused-ring (bicyclic) bond motifs is 1. The van der Waals surface area contributed by atoms with Crippen LogP contribution in [0.25, 0.3) is 10.9 Å². The summed E-state index contributed by atoms with van der Waals surface area (Å²) in [6.45, 7) is 3.84. The zero-order valence-electron chi connectivity index (χ0n) is 11.2. The average molecular weight is 296 g/mol. The van der Waals surface area contributed by atoms with Crippen molar-refractivity contribution in [2.75, 3.05) is 13.2 Å². The number of hydrogen-bond acceptors (Lipinski definition) is 4. The molecule has 0 aliphatic carbocycles. The second kappa shape index (κ2) is 5.96. The molecule has 1 aromatic carbocycles. The van der Waals surface area contributed by atoms with E-state index < -0.39 is 11.9 Å². The van der Waals surface area contributed by atoms with Crippen molar-refractivity contribution >= 4 is 34.4 Å². The van der Waals surface area contributed by atoms with Crippen molar-refractivity contribution < 1.29 is 19.1 Å². The number of carbonyl (C=O) groups excluding carboxylic acids is 2. The van der Waals surface area contributed by atoms with Crippen molar-refractivity contribution in [2.45, 2.75) is 13.8 Å². The molecular formula is C14H14ClNO4. The van der Waals surface area contributed by atoms with E-state index in [1.807, 2.05) is 0 Å². The normalized spacial score (nSPS) is 10.6. The number of aromatic nitrogens is 1. The van der Waals surface area contributed by atoms with Crippen LogP contribution in [-0.2, 0) is 9.47 Å². The largest absolute Gasteiger partial charge is 0.462 e. The molecule has 0 unspecified atom stereocenters. The number of nitrogens with one attached hydrogen (secondary N) is 1. The summed E-state index contributed by atoms with van der Waals surface area (Å²) >= 11 is 5.91. The monoisotopic (exact) mass is 295 g/mol. The molecule has 2 rings (SSSR count). The first kappa shape index (κ1) is 14.4. The van der Waals surface area contributed by atoms with Gasteiger partial charge in [0.2, 0.25) is 0 Å². The lowest BCUT2D eigenvalue weighted by Crippen LogP contribution is -2.13. The number of hydrogen-bond donors (Lipinski definition) is 1. The minimum absolute atomic E-state index is 0.0857. The standard InChI is InChI=1S/C14H14ClNO4/c1-3-19-13(17)11-9-6-5-8(15)7-10(9)16-12(11)14(18)20-4-2/h5-7,16H,3-4H2,1-2H3. The molecule has 0 saturated heterocycles. The number of esters is 2. The summed E-state index contributed by atoms with van der Waals surface area (Å²) < 4.78 is 9.94. The van der Waals surface area contributed by atoms with Crippen molar-refractivity contribution in [3.05, 3.63) is 34.5 Å². The van der Waals surface area contributed by atoms with Crippen molar-refractivity contribution in [1.82, 2.24) is 4.98 Å². The van der Waals surface area contributed by atoms with E-state index in [1.54, 1.807) is 32.0 Å². The van der Waals surface area contributed by atoms with Crippen molar-refractivity contribution in [1.29, 1.82) is 0 Å². The fraction of sp³-hybridized carbons (Fsp3) is 0.286. The van der Waals surface area contributed by atoms with Gasteiger partial charge in [0.15, 0.2) is 0 Å². The van der Waals surface area contributed by atoms with Crippen LogP contribution >= 0.6 is 11.6 Å². The fourth-order valence-electron chi connectivity index (χ4n) is 1.94. The summed E-state index contributed by atoms with van der Waals surface area (Å²) in [6.07, 6.45) is 0. The minimum Gasteiger partial charge on any atom is -0.462 e. The molecular weight excluding hydrogens is 282 g/mol. The Labute approximate surface area is 120 Å². The van der Waals surface area contributed by atoms with E-state index in [4.69, 9.17) is 21.1 Å². The molecule has 5 nitrogen and oxygen atoms in total. The first-order valence-corrected chi connectivity index (χ1v) is 6.61. The van der Waals surface area contributed by atoms with Crippen LogP contribution in [0.2, 0.25) is 5.02 Å². The third kappa shape index (κ3) is 2.63. The van der Waals surface area contributed by atoms with Gasteiger partial charge in [-0.15, -0.1) is 0 Å². The lowest BCUT2D eigenvalue weighted by atomic mass is 10.1. The van der Waals surface area contributed by atoms with Gasteiger partial charge >= 0.3 is 11.9 Å². The Balaban J connectivity index is 2.62. The number of aromatic amines is 1. The Morgan fingerprint density at radius 3 is 2.45 bits per heavy atom. The lowest BCUT2D eigenvalue weighted by molar-refractivity contribution is 0.0477. The predicted molar refractivity (Wildman–Crippen MR) is 75.2 cm³/mol. The van der Waals surface area contributed by atoms with E-state index in [0.29, 0.717) is 15.9 Å². The van der Waals surface area contributed by atoms with Gasteiger partial charge in [0.25, 0.3) is 0 Å². The van der Waals surface area contributed by atoms with Gasteiger partial charge in [-0.05, 0) is 26.0 Å². The van der Waals surface area contributed by atoms with E-state index in [0.717, 1.165) is 0 Å². The van der Waals surface area contributed by atoms with Gasteiger partial charge in [0.05, 0.1) is 18.8 Å². The molecule has 0 amide bonds. The zero-order chi connectivity index (χ0) is 14.7. The number of H-pyrrole nitrogens is 1. The number of carbonyl (C=O) groups is 2. The van der Waals surface area contributed by atoms with Crippen LogP contribution in [0.3, 0.4) is 0 Å². The van der Waals surface area contributed by atoms with Gasteiger partial charge in [-0.2, -0.15) is 0 Å². The van der Waals surface area contributed by atoms with Crippen LogP contribution in [-0.4, -0.2) is 30.1 Å². The summed E-state index contributed by atoms with van der Waals surface area (Å²) in [5.41, 5.74) is 0.850. The molecule has 0 aliphatic heterocycles. The summed E-state index contributed by atoms with van der Waals surface area (Å²) in [5, 5.41) is 1.08. The SMILES string of the molecule is CCOC(=O)c1[nH]c2cc(Cl)ccc2c1C(=O)OCC.